The summed E-state index contributed by atoms with van der Waals surface area (Å²) in [6, 6.07) is 8.95. The molecule has 1 aliphatic rings. The second-order valence-electron chi connectivity index (χ2n) is 7.35. The molecular formula is C21H29N5O4. The van der Waals surface area contributed by atoms with E-state index in [4.69, 9.17) is 9.26 Å². The molecule has 162 valence electrons. The highest BCUT2D eigenvalue weighted by Crippen LogP contribution is 2.19. The highest BCUT2D eigenvalue weighted by atomic mass is 16.5. The smallest absolute Gasteiger partial charge is 0.242 e. The van der Waals surface area contributed by atoms with Crippen molar-refractivity contribution in [2.75, 3.05) is 55.4 Å². The van der Waals surface area contributed by atoms with Crippen molar-refractivity contribution in [1.29, 1.82) is 0 Å². The summed E-state index contributed by atoms with van der Waals surface area (Å²) in [6.45, 7) is 6.94. The molecule has 1 saturated heterocycles. The number of carbonyl (C=O) groups excluding carboxylic acids is 2. The van der Waals surface area contributed by atoms with Gasteiger partial charge in [-0.15, -0.1) is 0 Å². The first-order valence-electron chi connectivity index (χ1n) is 10.1. The summed E-state index contributed by atoms with van der Waals surface area (Å²) >= 11 is 0. The van der Waals surface area contributed by atoms with Crippen LogP contribution < -0.4 is 15.5 Å². The number of hydrogen-bond acceptors (Lipinski definition) is 7. The van der Waals surface area contributed by atoms with Gasteiger partial charge in [0.1, 0.15) is 5.76 Å². The van der Waals surface area contributed by atoms with E-state index >= 15 is 0 Å². The van der Waals surface area contributed by atoms with Crippen molar-refractivity contribution in [2.45, 2.75) is 26.3 Å². The highest BCUT2D eigenvalue weighted by molar-refractivity contribution is 5.96. The minimum absolute atomic E-state index is 0.0922. The average molecular weight is 415 g/mol. The van der Waals surface area contributed by atoms with Crippen LogP contribution in [0.5, 0.6) is 0 Å². The quantitative estimate of drug-likeness (QED) is 0.681. The van der Waals surface area contributed by atoms with Gasteiger partial charge in [0.15, 0.2) is 5.82 Å². The van der Waals surface area contributed by atoms with Gasteiger partial charge >= 0.3 is 0 Å². The van der Waals surface area contributed by atoms with E-state index in [9.17, 15) is 9.59 Å². The first-order valence-corrected chi connectivity index (χ1v) is 10.1. The number of rotatable bonds is 8. The molecule has 2 N–H and O–H groups in total. The van der Waals surface area contributed by atoms with E-state index in [0.29, 0.717) is 18.0 Å². The first-order chi connectivity index (χ1) is 14.5. The second kappa shape index (κ2) is 10.2. The zero-order valence-corrected chi connectivity index (χ0v) is 17.7. The Morgan fingerprint density at radius 2 is 1.90 bits per heavy atom. The molecule has 0 saturated carbocycles. The third-order valence-electron chi connectivity index (χ3n) is 5.02. The van der Waals surface area contributed by atoms with Crippen LogP contribution >= 0.6 is 0 Å². The Kier molecular flexibility index (Phi) is 7.42. The number of aryl methyl sites for hydroxylation is 1. The Morgan fingerprint density at radius 1 is 1.20 bits per heavy atom. The summed E-state index contributed by atoms with van der Waals surface area (Å²) in [6.07, 6.45) is 0.556. The van der Waals surface area contributed by atoms with Crippen LogP contribution in [0, 0.1) is 6.92 Å². The Bertz CT molecular complexity index is 845. The molecule has 9 heteroatoms. The lowest BCUT2D eigenvalue weighted by Gasteiger charge is -2.29. The molecule has 1 aliphatic heterocycles. The fourth-order valence-electron chi connectivity index (χ4n) is 3.45. The molecule has 1 unspecified atom stereocenters. The monoisotopic (exact) mass is 415 g/mol. The second-order valence-corrected chi connectivity index (χ2v) is 7.35. The maximum absolute atomic E-state index is 12.5. The summed E-state index contributed by atoms with van der Waals surface area (Å²) in [4.78, 5) is 29.0. The van der Waals surface area contributed by atoms with Gasteiger partial charge in [0, 0.05) is 30.5 Å². The molecule has 9 nitrogen and oxygen atoms in total. The fourth-order valence-corrected chi connectivity index (χ4v) is 3.45. The van der Waals surface area contributed by atoms with E-state index in [1.807, 2.05) is 31.2 Å². The molecular weight excluding hydrogens is 386 g/mol. The van der Waals surface area contributed by atoms with Gasteiger partial charge in [-0.2, -0.15) is 0 Å². The summed E-state index contributed by atoms with van der Waals surface area (Å²) in [7, 11) is 1.75. The lowest BCUT2D eigenvalue weighted by atomic mass is 10.2. The number of amides is 2. The number of likely N-dealkylation sites (N-methyl/N-ethyl adjacent to an activating group) is 1. The topological polar surface area (TPSA) is 99.9 Å². The number of nitrogens with one attached hydrogen (secondary N) is 2. The van der Waals surface area contributed by atoms with Crippen molar-refractivity contribution in [3.63, 3.8) is 0 Å². The van der Waals surface area contributed by atoms with Gasteiger partial charge in [0.25, 0.3) is 0 Å². The number of morpholine rings is 1. The Morgan fingerprint density at radius 3 is 2.50 bits per heavy atom. The summed E-state index contributed by atoms with van der Waals surface area (Å²) < 4.78 is 10.3. The maximum atomic E-state index is 12.5. The molecule has 3 rings (SSSR count). The molecule has 1 fully saturated rings. The number of hydrogen-bond donors (Lipinski definition) is 2. The molecule has 2 amide bonds. The van der Waals surface area contributed by atoms with Gasteiger partial charge in [-0.1, -0.05) is 12.1 Å². The Balaban J connectivity index is 1.51. The lowest BCUT2D eigenvalue weighted by molar-refractivity contribution is -0.123. The molecule has 2 aromatic rings. The summed E-state index contributed by atoms with van der Waals surface area (Å²) in [5.74, 6) is 0.580. The van der Waals surface area contributed by atoms with Gasteiger partial charge in [-0.25, -0.2) is 0 Å². The van der Waals surface area contributed by atoms with Crippen LogP contribution in [0.25, 0.3) is 0 Å². The predicted octanol–water partition coefficient (Wildman–Crippen LogP) is 2.11. The van der Waals surface area contributed by atoms with Gasteiger partial charge in [-0.05, 0) is 44.7 Å². The van der Waals surface area contributed by atoms with E-state index in [1.54, 1.807) is 24.9 Å². The van der Waals surface area contributed by atoms with E-state index < -0.39 is 6.04 Å². The molecule has 30 heavy (non-hydrogen) atoms. The van der Waals surface area contributed by atoms with Crippen molar-refractivity contribution in [2.24, 2.45) is 0 Å². The number of aromatic nitrogens is 1. The van der Waals surface area contributed by atoms with Crippen molar-refractivity contribution in [3.05, 3.63) is 36.1 Å². The minimum atomic E-state index is -0.462. The SMILES string of the molecule is CCC(C(=O)Nc1cc(C)on1)N(C)CC(=O)Nc1ccc(N2CCOCC2)cc1. The number of benzene rings is 1. The first kappa shape index (κ1) is 21.8. The van der Waals surface area contributed by atoms with Crippen molar-refractivity contribution in [3.8, 4) is 0 Å². The largest absolute Gasteiger partial charge is 0.378 e. The van der Waals surface area contributed by atoms with E-state index in [2.05, 4.69) is 20.7 Å². The predicted molar refractivity (Wildman–Crippen MR) is 115 cm³/mol. The number of nitrogens with zero attached hydrogens (tertiary/aromatic N) is 3. The van der Waals surface area contributed by atoms with Crippen LogP contribution in [0.3, 0.4) is 0 Å². The average Bonchev–Trinajstić information content (AvgIpc) is 3.14. The van der Waals surface area contributed by atoms with Crippen LogP contribution in [0.4, 0.5) is 17.2 Å². The molecule has 0 radical (unpaired) electrons. The van der Waals surface area contributed by atoms with Gasteiger partial charge in [0.05, 0.1) is 25.8 Å². The van der Waals surface area contributed by atoms with E-state index in [-0.39, 0.29) is 18.4 Å². The van der Waals surface area contributed by atoms with Gasteiger partial charge < -0.3 is 24.8 Å². The third kappa shape index (κ3) is 5.80. The van der Waals surface area contributed by atoms with Crippen molar-refractivity contribution < 1.29 is 18.8 Å². The fraction of sp³-hybridized carbons (Fsp3) is 0.476. The molecule has 0 bridgehead atoms. The summed E-state index contributed by atoms with van der Waals surface area (Å²) in [5, 5.41) is 9.39. The molecule has 0 spiro atoms. The zero-order chi connectivity index (χ0) is 21.5. The van der Waals surface area contributed by atoms with E-state index in [0.717, 1.165) is 37.7 Å². The van der Waals surface area contributed by atoms with Crippen LogP contribution in [0.2, 0.25) is 0 Å². The maximum Gasteiger partial charge on any atom is 0.242 e. The van der Waals surface area contributed by atoms with Crippen molar-refractivity contribution in [1.82, 2.24) is 10.1 Å². The normalized spacial score (nSPS) is 15.1. The standard InChI is InChI=1S/C21H29N5O4/c1-4-18(21(28)23-19-13-15(2)30-24-19)25(3)14-20(27)22-16-5-7-17(8-6-16)26-9-11-29-12-10-26/h5-8,13,18H,4,9-12,14H2,1-3H3,(H,22,27)(H,23,24,28). The Hall–Kier alpha value is -2.91. The zero-order valence-electron chi connectivity index (χ0n) is 17.7. The number of anilines is 3. The molecule has 1 atom stereocenters. The van der Waals surface area contributed by atoms with E-state index in [1.165, 1.54) is 0 Å². The Labute approximate surface area is 176 Å². The van der Waals surface area contributed by atoms with Crippen LogP contribution in [0.1, 0.15) is 19.1 Å². The minimum Gasteiger partial charge on any atom is -0.378 e. The van der Waals surface area contributed by atoms with Gasteiger partial charge in [0.2, 0.25) is 11.8 Å². The van der Waals surface area contributed by atoms with Gasteiger partial charge in [-0.3, -0.25) is 14.5 Å². The van der Waals surface area contributed by atoms with Crippen LogP contribution in [0.15, 0.2) is 34.9 Å². The van der Waals surface area contributed by atoms with Crippen LogP contribution in [-0.4, -0.2) is 67.8 Å². The van der Waals surface area contributed by atoms with Crippen molar-refractivity contribution >= 4 is 29.0 Å². The molecule has 2 heterocycles. The number of carbonyl (C=O) groups is 2. The summed E-state index contributed by atoms with van der Waals surface area (Å²) in [5.41, 5.74) is 1.83. The molecule has 0 aliphatic carbocycles. The number of ether oxygens (including phenoxy) is 1. The highest BCUT2D eigenvalue weighted by Gasteiger charge is 2.24. The lowest BCUT2D eigenvalue weighted by Crippen LogP contribution is -2.44. The van der Waals surface area contributed by atoms with Crippen LogP contribution in [-0.2, 0) is 14.3 Å². The third-order valence-corrected chi connectivity index (χ3v) is 5.02. The molecule has 1 aromatic heterocycles. The molecule has 1 aromatic carbocycles.